The van der Waals surface area contributed by atoms with Crippen molar-refractivity contribution in [3.63, 3.8) is 0 Å². The molecule has 1 unspecified atom stereocenters. The molecule has 0 radical (unpaired) electrons. The summed E-state index contributed by atoms with van der Waals surface area (Å²) >= 11 is 5.01. The Morgan fingerprint density at radius 3 is 3.00 bits per heavy atom. The third-order valence-electron chi connectivity index (χ3n) is 2.75. The normalized spacial score (nSPS) is 25.7. The van der Waals surface area contributed by atoms with Gasteiger partial charge in [0.15, 0.2) is 0 Å². The zero-order valence-electron chi connectivity index (χ0n) is 8.03. The van der Waals surface area contributed by atoms with E-state index in [-0.39, 0.29) is 0 Å². The summed E-state index contributed by atoms with van der Waals surface area (Å²) in [5.74, 6) is -0.750. The van der Waals surface area contributed by atoms with Crippen molar-refractivity contribution in [1.82, 2.24) is 0 Å². The molecule has 2 rings (SSSR count). The molecule has 1 aromatic rings. The van der Waals surface area contributed by atoms with Gasteiger partial charge in [0, 0.05) is 22.4 Å². The first-order valence-electron chi connectivity index (χ1n) is 4.67. The van der Waals surface area contributed by atoms with E-state index < -0.39 is 11.4 Å². The highest BCUT2D eigenvalue weighted by Crippen LogP contribution is 2.37. The van der Waals surface area contributed by atoms with Crippen LogP contribution in [0.3, 0.4) is 0 Å². The average molecular weight is 291 g/mol. The van der Waals surface area contributed by atoms with Crippen molar-refractivity contribution in [1.29, 1.82) is 0 Å². The summed E-state index contributed by atoms with van der Waals surface area (Å²) < 4.78 is 6.22. The minimum Gasteiger partial charge on any atom is -0.481 e. The van der Waals surface area contributed by atoms with Gasteiger partial charge in [-0.25, -0.2) is 0 Å². The van der Waals surface area contributed by atoms with Gasteiger partial charge in [-0.3, -0.25) is 4.79 Å². The zero-order valence-corrected chi connectivity index (χ0v) is 10.4. The maximum Gasteiger partial charge on any atom is 0.312 e. The molecule has 5 heteroatoms. The van der Waals surface area contributed by atoms with Crippen molar-refractivity contribution in [2.24, 2.45) is 5.41 Å². The molecule has 1 N–H and O–H groups in total. The first-order valence-corrected chi connectivity index (χ1v) is 6.34. The first kappa shape index (κ1) is 11.1. The molecule has 0 bridgehead atoms. The maximum atomic E-state index is 11.3. The van der Waals surface area contributed by atoms with E-state index in [4.69, 9.17) is 4.74 Å². The number of hydrogen-bond donors (Lipinski definition) is 1. The number of carboxylic acid groups (broad SMARTS) is 1. The largest absolute Gasteiger partial charge is 0.481 e. The highest BCUT2D eigenvalue weighted by molar-refractivity contribution is 9.10. The van der Waals surface area contributed by atoms with E-state index in [1.54, 1.807) is 11.3 Å². The van der Waals surface area contributed by atoms with Crippen LogP contribution in [0.1, 0.15) is 11.3 Å². The van der Waals surface area contributed by atoms with Crippen LogP contribution in [-0.2, 0) is 16.0 Å². The van der Waals surface area contributed by atoms with Crippen molar-refractivity contribution < 1.29 is 14.6 Å². The summed E-state index contributed by atoms with van der Waals surface area (Å²) in [5.41, 5.74) is -0.715. The van der Waals surface area contributed by atoms with Gasteiger partial charge in [-0.1, -0.05) is 0 Å². The van der Waals surface area contributed by atoms with Gasteiger partial charge in [-0.15, -0.1) is 11.3 Å². The van der Waals surface area contributed by atoms with E-state index in [1.807, 2.05) is 11.4 Å². The molecule has 1 saturated heterocycles. The summed E-state index contributed by atoms with van der Waals surface area (Å²) in [6.07, 6.45) is 1.16. The van der Waals surface area contributed by atoms with Gasteiger partial charge in [-0.05, 0) is 33.8 Å². The molecule has 0 amide bonds. The second-order valence-corrected chi connectivity index (χ2v) is 5.61. The number of thiophene rings is 1. The molecule has 0 spiro atoms. The van der Waals surface area contributed by atoms with Crippen LogP contribution < -0.4 is 0 Å². The van der Waals surface area contributed by atoms with E-state index in [0.717, 1.165) is 9.35 Å². The molecule has 82 valence electrons. The number of halogens is 1. The van der Waals surface area contributed by atoms with Crippen molar-refractivity contribution >= 4 is 33.2 Å². The average Bonchev–Trinajstić information content (AvgIpc) is 2.78. The summed E-state index contributed by atoms with van der Waals surface area (Å²) in [5, 5.41) is 11.2. The number of aliphatic carboxylic acids is 1. The minimum atomic E-state index is -0.750. The van der Waals surface area contributed by atoms with Crippen molar-refractivity contribution in [3.05, 3.63) is 20.8 Å². The predicted octanol–water partition coefficient (Wildman–Crippen LogP) is 2.54. The highest BCUT2D eigenvalue weighted by atomic mass is 79.9. The lowest BCUT2D eigenvalue weighted by atomic mass is 9.83. The number of rotatable bonds is 3. The molecule has 2 heterocycles. The molecule has 3 nitrogen and oxygen atoms in total. The topological polar surface area (TPSA) is 46.5 Å². The Kier molecular flexibility index (Phi) is 3.13. The summed E-state index contributed by atoms with van der Waals surface area (Å²) in [6, 6.07) is 1.95. The number of ether oxygens (including phenoxy) is 1. The van der Waals surface area contributed by atoms with Crippen LogP contribution in [0.5, 0.6) is 0 Å². The Hall–Kier alpha value is -0.390. The van der Waals surface area contributed by atoms with Crippen LogP contribution >= 0.6 is 27.3 Å². The van der Waals surface area contributed by atoms with Crippen LogP contribution in [0.2, 0.25) is 0 Å². The fraction of sp³-hybridized carbons (Fsp3) is 0.500. The van der Waals surface area contributed by atoms with Crippen LogP contribution in [0.4, 0.5) is 0 Å². The lowest BCUT2D eigenvalue weighted by Crippen LogP contribution is -2.33. The number of hydrogen-bond acceptors (Lipinski definition) is 3. The fourth-order valence-corrected chi connectivity index (χ4v) is 3.39. The smallest absolute Gasteiger partial charge is 0.312 e. The summed E-state index contributed by atoms with van der Waals surface area (Å²) in [7, 11) is 0. The third-order valence-corrected chi connectivity index (χ3v) is 4.67. The lowest BCUT2D eigenvalue weighted by molar-refractivity contribution is -0.148. The Morgan fingerprint density at radius 2 is 2.53 bits per heavy atom. The van der Waals surface area contributed by atoms with Crippen molar-refractivity contribution in [3.8, 4) is 0 Å². The Morgan fingerprint density at radius 1 is 1.73 bits per heavy atom. The van der Waals surface area contributed by atoms with E-state index in [2.05, 4.69) is 15.9 Å². The van der Waals surface area contributed by atoms with Crippen LogP contribution in [-0.4, -0.2) is 24.3 Å². The van der Waals surface area contributed by atoms with Gasteiger partial charge in [0.1, 0.15) is 0 Å². The maximum absolute atomic E-state index is 11.3. The second kappa shape index (κ2) is 4.23. The molecule has 0 aromatic carbocycles. The van der Waals surface area contributed by atoms with E-state index in [9.17, 15) is 9.90 Å². The molecular weight excluding hydrogens is 280 g/mol. The fourth-order valence-electron chi connectivity index (χ4n) is 1.75. The van der Waals surface area contributed by atoms with Gasteiger partial charge >= 0.3 is 5.97 Å². The molecule has 15 heavy (non-hydrogen) atoms. The molecule has 1 aliphatic heterocycles. The van der Waals surface area contributed by atoms with Crippen LogP contribution in [0.25, 0.3) is 0 Å². The quantitative estimate of drug-likeness (QED) is 0.931. The number of carboxylic acids is 1. The van der Waals surface area contributed by atoms with Gasteiger partial charge in [0.2, 0.25) is 0 Å². The van der Waals surface area contributed by atoms with Crippen molar-refractivity contribution in [2.45, 2.75) is 12.8 Å². The molecule has 0 aliphatic carbocycles. The lowest BCUT2D eigenvalue weighted by Gasteiger charge is -2.21. The monoisotopic (exact) mass is 290 g/mol. The molecular formula is C10H11BrO3S. The zero-order chi connectivity index (χ0) is 10.9. The molecule has 1 aromatic heterocycles. The minimum absolute atomic E-state index is 0.326. The summed E-state index contributed by atoms with van der Waals surface area (Å²) in [6.45, 7) is 0.877. The van der Waals surface area contributed by atoms with Gasteiger partial charge < -0.3 is 9.84 Å². The van der Waals surface area contributed by atoms with E-state index in [0.29, 0.717) is 26.1 Å². The Labute approximate surface area is 100 Å². The molecule has 1 fully saturated rings. The van der Waals surface area contributed by atoms with Gasteiger partial charge in [-0.2, -0.15) is 0 Å². The standard InChI is InChI=1S/C10H11BrO3S/c11-7-1-4-15-8(7)5-10(9(12)13)2-3-14-6-10/h1,4H,2-3,5-6H2,(H,12,13). The molecule has 1 aliphatic rings. The highest BCUT2D eigenvalue weighted by Gasteiger charge is 2.43. The molecule has 1 atom stereocenters. The number of carbonyl (C=O) groups is 1. The van der Waals surface area contributed by atoms with Gasteiger partial charge in [0.25, 0.3) is 0 Å². The van der Waals surface area contributed by atoms with Crippen LogP contribution in [0, 0.1) is 5.41 Å². The van der Waals surface area contributed by atoms with Crippen molar-refractivity contribution in [2.75, 3.05) is 13.2 Å². The van der Waals surface area contributed by atoms with Gasteiger partial charge in [0.05, 0.1) is 12.0 Å². The van der Waals surface area contributed by atoms with E-state index in [1.165, 1.54) is 0 Å². The molecule has 0 saturated carbocycles. The third kappa shape index (κ3) is 2.09. The predicted molar refractivity (Wildman–Crippen MR) is 61.2 cm³/mol. The van der Waals surface area contributed by atoms with Crippen LogP contribution in [0.15, 0.2) is 15.9 Å². The Bertz CT molecular complexity index is 368. The first-order chi connectivity index (χ1) is 7.14. The second-order valence-electron chi connectivity index (χ2n) is 3.76. The summed E-state index contributed by atoms with van der Waals surface area (Å²) in [4.78, 5) is 12.4. The SMILES string of the molecule is O=C(O)C1(Cc2sccc2Br)CCOC1. The van der Waals surface area contributed by atoms with E-state index >= 15 is 0 Å². The Balaban J connectivity index is 2.21.